The third-order valence-electron chi connectivity index (χ3n) is 2.33. The zero-order valence-electron chi connectivity index (χ0n) is 10.8. The van der Waals surface area contributed by atoms with Gasteiger partial charge in [-0.05, 0) is 24.6 Å². The summed E-state index contributed by atoms with van der Waals surface area (Å²) >= 11 is 0. The van der Waals surface area contributed by atoms with Crippen molar-refractivity contribution in [2.24, 2.45) is 11.5 Å². The van der Waals surface area contributed by atoms with Crippen molar-refractivity contribution in [1.29, 1.82) is 0 Å². The quantitative estimate of drug-likeness (QED) is 0.708. The molecule has 1 atom stereocenters. The van der Waals surface area contributed by atoms with Crippen LogP contribution in [-0.2, 0) is 4.79 Å². The number of ether oxygens (including phenoxy) is 2. The number of carbonyl (C=O) groups is 2. The molecule has 7 nitrogen and oxygen atoms in total. The summed E-state index contributed by atoms with van der Waals surface area (Å²) in [5, 5.41) is 1.89. The van der Waals surface area contributed by atoms with Crippen molar-refractivity contribution in [1.82, 2.24) is 5.32 Å². The van der Waals surface area contributed by atoms with E-state index in [9.17, 15) is 9.59 Å². The maximum absolute atomic E-state index is 11.2. The Morgan fingerprint density at radius 1 is 1.37 bits per heavy atom. The van der Waals surface area contributed by atoms with Gasteiger partial charge in [-0.3, -0.25) is 10.1 Å². The molecule has 1 aromatic carbocycles. The molecule has 7 heteroatoms. The fourth-order valence-corrected chi connectivity index (χ4v) is 1.40. The Balaban J connectivity index is 2.73. The predicted molar refractivity (Wildman–Crippen MR) is 68.8 cm³/mol. The number of methoxy groups -OCH3 is 1. The third-order valence-corrected chi connectivity index (χ3v) is 2.33. The van der Waals surface area contributed by atoms with Crippen LogP contribution in [0.4, 0.5) is 4.79 Å². The molecule has 0 saturated carbocycles. The average Bonchev–Trinajstić information content (AvgIpc) is 2.35. The second kappa shape index (κ2) is 6.60. The first-order valence-electron chi connectivity index (χ1n) is 5.59. The van der Waals surface area contributed by atoms with Gasteiger partial charge in [0.15, 0.2) is 18.1 Å². The average molecular weight is 267 g/mol. The lowest BCUT2D eigenvalue weighted by Crippen LogP contribution is -2.38. The molecule has 19 heavy (non-hydrogen) atoms. The predicted octanol–water partition coefficient (Wildman–Crippen LogP) is 0.289. The highest BCUT2D eigenvalue weighted by molar-refractivity contribution is 5.94. The van der Waals surface area contributed by atoms with Gasteiger partial charge in [0.05, 0.1) is 7.11 Å². The first-order chi connectivity index (χ1) is 8.93. The number of primary amides is 1. The molecule has 0 radical (unpaired) electrons. The van der Waals surface area contributed by atoms with Crippen molar-refractivity contribution in [3.8, 4) is 11.5 Å². The van der Waals surface area contributed by atoms with Crippen LogP contribution in [0.5, 0.6) is 11.5 Å². The van der Waals surface area contributed by atoms with Crippen molar-refractivity contribution in [3.63, 3.8) is 0 Å². The van der Waals surface area contributed by atoms with E-state index >= 15 is 0 Å². The molecule has 0 aliphatic carbocycles. The Labute approximate surface area is 110 Å². The van der Waals surface area contributed by atoms with Crippen molar-refractivity contribution in [3.05, 3.63) is 23.8 Å². The van der Waals surface area contributed by atoms with Gasteiger partial charge in [-0.1, -0.05) is 6.07 Å². The van der Waals surface area contributed by atoms with E-state index in [4.69, 9.17) is 20.9 Å². The van der Waals surface area contributed by atoms with E-state index in [1.54, 1.807) is 18.2 Å². The zero-order valence-corrected chi connectivity index (χ0v) is 10.8. The van der Waals surface area contributed by atoms with E-state index in [0.717, 1.165) is 5.56 Å². The van der Waals surface area contributed by atoms with Gasteiger partial charge in [-0.2, -0.15) is 0 Å². The lowest BCUT2D eigenvalue weighted by Gasteiger charge is -2.13. The number of benzene rings is 1. The van der Waals surface area contributed by atoms with Crippen molar-refractivity contribution in [2.45, 2.75) is 13.0 Å². The summed E-state index contributed by atoms with van der Waals surface area (Å²) in [7, 11) is 1.48. The Kier molecular flexibility index (Phi) is 5.13. The van der Waals surface area contributed by atoms with Crippen LogP contribution >= 0.6 is 0 Å². The molecule has 5 N–H and O–H groups in total. The topological polar surface area (TPSA) is 117 Å². The molecule has 0 aliphatic heterocycles. The second-order valence-corrected chi connectivity index (χ2v) is 3.90. The van der Waals surface area contributed by atoms with Crippen molar-refractivity contribution < 1.29 is 19.1 Å². The van der Waals surface area contributed by atoms with Crippen LogP contribution in [0.15, 0.2) is 18.2 Å². The highest BCUT2D eigenvalue weighted by Crippen LogP contribution is 2.29. The number of hydrogen-bond acceptors (Lipinski definition) is 5. The van der Waals surface area contributed by atoms with E-state index in [-0.39, 0.29) is 12.6 Å². The summed E-state index contributed by atoms with van der Waals surface area (Å²) < 4.78 is 10.4. The maximum atomic E-state index is 11.2. The van der Waals surface area contributed by atoms with Crippen molar-refractivity contribution in [2.75, 3.05) is 13.7 Å². The molecule has 0 heterocycles. The molecule has 0 aliphatic rings. The minimum atomic E-state index is -0.923. The minimum absolute atomic E-state index is 0.138. The first-order valence-corrected chi connectivity index (χ1v) is 5.59. The highest BCUT2D eigenvalue weighted by Gasteiger charge is 2.10. The molecular formula is C12H17N3O4. The SMILES string of the molecule is COc1cc(C(C)N)ccc1OCC(=O)NC(N)=O. The second-order valence-electron chi connectivity index (χ2n) is 3.90. The van der Waals surface area contributed by atoms with Crippen molar-refractivity contribution >= 4 is 11.9 Å². The monoisotopic (exact) mass is 267 g/mol. The molecule has 0 aromatic heterocycles. The van der Waals surface area contributed by atoms with Crippen LogP contribution < -0.4 is 26.3 Å². The van der Waals surface area contributed by atoms with Gasteiger partial charge in [-0.25, -0.2) is 4.79 Å². The van der Waals surface area contributed by atoms with Gasteiger partial charge >= 0.3 is 6.03 Å². The summed E-state index contributed by atoms with van der Waals surface area (Å²) in [6.07, 6.45) is 0. The minimum Gasteiger partial charge on any atom is -0.493 e. The molecule has 0 saturated heterocycles. The maximum Gasteiger partial charge on any atom is 0.318 e. The van der Waals surface area contributed by atoms with E-state index in [1.165, 1.54) is 7.11 Å². The Bertz CT molecular complexity index is 474. The van der Waals surface area contributed by atoms with Gasteiger partial charge in [0.2, 0.25) is 0 Å². The Morgan fingerprint density at radius 3 is 2.58 bits per heavy atom. The number of hydrogen-bond donors (Lipinski definition) is 3. The van der Waals surface area contributed by atoms with Gasteiger partial charge in [-0.15, -0.1) is 0 Å². The van der Waals surface area contributed by atoms with Crippen LogP contribution in [0.3, 0.4) is 0 Å². The van der Waals surface area contributed by atoms with E-state index in [2.05, 4.69) is 0 Å². The van der Waals surface area contributed by atoms with Crippen LogP contribution in [0.2, 0.25) is 0 Å². The number of imide groups is 1. The molecule has 1 aromatic rings. The molecule has 3 amide bonds. The molecular weight excluding hydrogens is 250 g/mol. The fraction of sp³-hybridized carbons (Fsp3) is 0.333. The zero-order chi connectivity index (χ0) is 14.4. The highest BCUT2D eigenvalue weighted by atomic mass is 16.5. The van der Waals surface area contributed by atoms with Gasteiger partial charge < -0.3 is 20.9 Å². The molecule has 0 fully saturated rings. The number of urea groups is 1. The molecule has 1 unspecified atom stereocenters. The summed E-state index contributed by atoms with van der Waals surface area (Å²) in [6, 6.07) is 4.09. The van der Waals surface area contributed by atoms with Gasteiger partial charge in [0.1, 0.15) is 0 Å². The standard InChI is InChI=1S/C12H17N3O4/c1-7(13)8-3-4-9(10(5-8)18-2)19-6-11(16)15-12(14)17/h3-5,7H,6,13H2,1-2H3,(H3,14,15,16,17). The normalized spacial score (nSPS) is 11.5. The number of nitrogens with two attached hydrogens (primary N) is 2. The van der Waals surface area contributed by atoms with Crippen LogP contribution in [0, 0.1) is 0 Å². The summed E-state index contributed by atoms with van der Waals surface area (Å²) in [5.74, 6) is 0.207. The number of rotatable bonds is 5. The Hall–Kier alpha value is -2.28. The van der Waals surface area contributed by atoms with Crippen LogP contribution in [0.25, 0.3) is 0 Å². The molecule has 1 rings (SSSR count). The Morgan fingerprint density at radius 2 is 2.05 bits per heavy atom. The number of carbonyl (C=O) groups excluding carboxylic acids is 2. The van der Waals surface area contributed by atoms with E-state index in [1.807, 2.05) is 12.2 Å². The molecule has 0 spiro atoms. The van der Waals surface area contributed by atoms with Crippen LogP contribution in [-0.4, -0.2) is 25.7 Å². The number of amides is 3. The summed E-state index contributed by atoms with van der Waals surface area (Å²) in [4.78, 5) is 21.7. The van der Waals surface area contributed by atoms with E-state index in [0.29, 0.717) is 11.5 Å². The van der Waals surface area contributed by atoms with Gasteiger partial charge in [0.25, 0.3) is 5.91 Å². The largest absolute Gasteiger partial charge is 0.493 e. The third kappa shape index (κ3) is 4.47. The molecule has 104 valence electrons. The summed E-state index contributed by atoms with van der Waals surface area (Å²) in [5.41, 5.74) is 11.4. The lowest BCUT2D eigenvalue weighted by atomic mass is 10.1. The first kappa shape index (κ1) is 14.8. The lowest BCUT2D eigenvalue weighted by molar-refractivity contribution is -0.121. The number of nitrogens with one attached hydrogen (secondary N) is 1. The van der Waals surface area contributed by atoms with Crippen LogP contribution in [0.1, 0.15) is 18.5 Å². The van der Waals surface area contributed by atoms with Gasteiger partial charge in [0, 0.05) is 6.04 Å². The fourth-order valence-electron chi connectivity index (χ4n) is 1.40. The summed E-state index contributed by atoms with van der Waals surface area (Å²) in [6.45, 7) is 1.51. The molecule has 0 bridgehead atoms. The smallest absolute Gasteiger partial charge is 0.318 e. The van der Waals surface area contributed by atoms with E-state index < -0.39 is 11.9 Å².